The highest BCUT2D eigenvalue weighted by Gasteiger charge is 2.31. The summed E-state index contributed by atoms with van der Waals surface area (Å²) in [5.41, 5.74) is 7.87. The zero-order chi connectivity index (χ0) is 30.8. The molecule has 0 saturated carbocycles. The van der Waals surface area contributed by atoms with Gasteiger partial charge in [0.2, 0.25) is 17.7 Å². The van der Waals surface area contributed by atoms with E-state index in [0.29, 0.717) is 11.3 Å². The van der Waals surface area contributed by atoms with Crippen molar-refractivity contribution in [3.05, 3.63) is 54.2 Å². The van der Waals surface area contributed by atoms with Gasteiger partial charge in [-0.2, -0.15) is 0 Å². The van der Waals surface area contributed by atoms with Crippen LogP contribution in [0.5, 0.6) is 0 Å². The number of imidazole rings is 1. The Labute approximate surface area is 241 Å². The second-order valence-electron chi connectivity index (χ2n) is 10.5. The number of aliphatic carboxylic acids is 2. The van der Waals surface area contributed by atoms with E-state index in [0.717, 1.165) is 10.9 Å². The van der Waals surface area contributed by atoms with Crippen LogP contribution in [0.2, 0.25) is 0 Å². The third-order valence-electron chi connectivity index (χ3n) is 6.67. The third kappa shape index (κ3) is 9.16. The van der Waals surface area contributed by atoms with Gasteiger partial charge in [-0.05, 0) is 30.4 Å². The van der Waals surface area contributed by atoms with Crippen molar-refractivity contribution in [2.75, 3.05) is 0 Å². The molecule has 14 heteroatoms. The molecule has 3 rings (SSSR count). The molecule has 4 unspecified atom stereocenters. The molecule has 42 heavy (non-hydrogen) atoms. The highest BCUT2D eigenvalue weighted by atomic mass is 16.4. The number of H-pyrrole nitrogens is 2. The van der Waals surface area contributed by atoms with Crippen LogP contribution in [-0.2, 0) is 36.8 Å². The molecule has 226 valence electrons. The number of carboxylic acids is 2. The Bertz CT molecular complexity index is 1390. The van der Waals surface area contributed by atoms with Gasteiger partial charge in [-0.1, -0.05) is 32.0 Å². The minimum Gasteiger partial charge on any atom is -0.481 e. The molecule has 0 aliphatic carbocycles. The lowest BCUT2D eigenvalue weighted by molar-refractivity contribution is -0.142. The molecule has 4 atom stereocenters. The van der Waals surface area contributed by atoms with Gasteiger partial charge in [0.15, 0.2) is 0 Å². The highest BCUT2D eigenvalue weighted by molar-refractivity contribution is 5.95. The summed E-state index contributed by atoms with van der Waals surface area (Å²) in [4.78, 5) is 72.4. The molecule has 1 aromatic carbocycles. The number of carbonyl (C=O) groups is 5. The quantitative estimate of drug-likeness (QED) is 0.117. The summed E-state index contributed by atoms with van der Waals surface area (Å²) in [6.45, 7) is 3.69. The number of nitrogens with one attached hydrogen (secondary N) is 5. The highest BCUT2D eigenvalue weighted by Crippen LogP contribution is 2.19. The summed E-state index contributed by atoms with van der Waals surface area (Å²) in [7, 11) is 0. The van der Waals surface area contributed by atoms with Crippen molar-refractivity contribution in [3.63, 3.8) is 0 Å². The smallest absolute Gasteiger partial charge is 0.326 e. The van der Waals surface area contributed by atoms with Gasteiger partial charge in [0, 0.05) is 48.3 Å². The van der Waals surface area contributed by atoms with Gasteiger partial charge >= 0.3 is 11.9 Å². The number of carbonyl (C=O) groups excluding carboxylic acids is 3. The van der Waals surface area contributed by atoms with Crippen LogP contribution in [0.1, 0.15) is 44.4 Å². The van der Waals surface area contributed by atoms with Crippen molar-refractivity contribution in [1.82, 2.24) is 30.9 Å². The predicted molar refractivity (Wildman–Crippen MR) is 152 cm³/mol. The van der Waals surface area contributed by atoms with Gasteiger partial charge in [0.05, 0.1) is 12.4 Å². The van der Waals surface area contributed by atoms with Gasteiger partial charge < -0.3 is 41.9 Å². The molecule has 0 fully saturated rings. The maximum Gasteiger partial charge on any atom is 0.326 e. The van der Waals surface area contributed by atoms with Crippen molar-refractivity contribution < 1.29 is 34.2 Å². The van der Waals surface area contributed by atoms with Crippen molar-refractivity contribution in [2.24, 2.45) is 11.7 Å². The Morgan fingerprint density at radius 2 is 1.57 bits per heavy atom. The van der Waals surface area contributed by atoms with Gasteiger partial charge in [0.1, 0.15) is 18.1 Å². The van der Waals surface area contributed by atoms with Crippen LogP contribution in [0.3, 0.4) is 0 Å². The number of aromatic nitrogens is 3. The number of hydrogen-bond acceptors (Lipinski definition) is 7. The van der Waals surface area contributed by atoms with Crippen LogP contribution < -0.4 is 21.7 Å². The Morgan fingerprint density at radius 1 is 0.905 bits per heavy atom. The minimum atomic E-state index is -1.31. The molecule has 2 heterocycles. The average Bonchev–Trinajstić information content (AvgIpc) is 3.60. The van der Waals surface area contributed by atoms with E-state index in [9.17, 15) is 29.1 Å². The maximum absolute atomic E-state index is 13.5. The predicted octanol–water partition coefficient (Wildman–Crippen LogP) is 0.453. The van der Waals surface area contributed by atoms with E-state index in [2.05, 4.69) is 30.9 Å². The summed E-state index contributed by atoms with van der Waals surface area (Å²) in [5.74, 6) is -4.50. The van der Waals surface area contributed by atoms with Crippen molar-refractivity contribution in [1.29, 1.82) is 0 Å². The van der Waals surface area contributed by atoms with Gasteiger partial charge in [0.25, 0.3) is 0 Å². The molecule has 0 aliphatic heterocycles. The number of fused-ring (bicyclic) bond motifs is 1. The molecule has 0 saturated heterocycles. The number of carboxylic acid groups (broad SMARTS) is 2. The second kappa shape index (κ2) is 14.8. The first-order chi connectivity index (χ1) is 19.9. The molecule has 14 nitrogen and oxygen atoms in total. The van der Waals surface area contributed by atoms with Crippen LogP contribution >= 0.6 is 0 Å². The van der Waals surface area contributed by atoms with E-state index in [1.54, 1.807) is 6.20 Å². The van der Waals surface area contributed by atoms with E-state index in [4.69, 9.17) is 10.8 Å². The SMILES string of the molecule is CC(C)CC(NC(=O)C(N)CCC(=O)O)C(=O)NC(Cc1c[nH]c2ccccc12)C(=O)NC(Cc1cnc[nH]1)C(=O)O. The lowest BCUT2D eigenvalue weighted by atomic mass is 10.00. The summed E-state index contributed by atoms with van der Waals surface area (Å²) in [6.07, 6.45) is 4.31. The summed E-state index contributed by atoms with van der Waals surface area (Å²) >= 11 is 0. The fourth-order valence-corrected chi connectivity index (χ4v) is 4.48. The number of rotatable bonds is 16. The monoisotopic (exact) mass is 583 g/mol. The molecule has 3 aromatic rings. The number of nitrogens with two attached hydrogens (primary N) is 1. The number of hydrogen-bond donors (Lipinski definition) is 8. The Kier molecular flexibility index (Phi) is 11.2. The molecule has 0 aliphatic rings. The van der Waals surface area contributed by atoms with Crippen LogP contribution in [-0.4, -0.2) is 79.0 Å². The molecule has 2 aromatic heterocycles. The third-order valence-corrected chi connectivity index (χ3v) is 6.67. The standard InChI is InChI=1S/C28H37N7O7/c1-15(2)9-21(33-25(38)19(29)7-8-24(36)37)26(39)34-22(10-16-12-31-20-6-4-3-5-18(16)20)27(40)35-23(28(41)42)11-17-13-30-14-32-17/h3-6,12-15,19,21-23,31H,7-11,29H2,1-2H3,(H,30,32)(H,33,38)(H,34,39)(H,35,40)(H,36,37)(H,41,42). The zero-order valence-corrected chi connectivity index (χ0v) is 23.4. The number of amides is 3. The zero-order valence-electron chi connectivity index (χ0n) is 23.4. The molecule has 9 N–H and O–H groups in total. The minimum absolute atomic E-state index is 0.0262. The largest absolute Gasteiger partial charge is 0.481 e. The fraction of sp³-hybridized carbons (Fsp3) is 0.429. The summed E-state index contributed by atoms with van der Waals surface area (Å²) in [6, 6.07) is 2.67. The van der Waals surface area contributed by atoms with Crippen LogP contribution in [0.25, 0.3) is 10.9 Å². The first kappa shape index (κ1) is 31.8. The Hall–Kier alpha value is -4.72. The number of para-hydroxylation sites is 1. The number of nitrogens with zero attached hydrogens (tertiary/aromatic N) is 1. The summed E-state index contributed by atoms with van der Waals surface area (Å²) in [5, 5.41) is 27.3. The fourth-order valence-electron chi connectivity index (χ4n) is 4.48. The van der Waals surface area contributed by atoms with Crippen LogP contribution in [0.4, 0.5) is 0 Å². The van der Waals surface area contributed by atoms with E-state index in [1.165, 1.54) is 12.5 Å². The lowest BCUT2D eigenvalue weighted by Gasteiger charge is -2.26. The van der Waals surface area contributed by atoms with Gasteiger partial charge in [-0.3, -0.25) is 19.2 Å². The van der Waals surface area contributed by atoms with Crippen LogP contribution in [0.15, 0.2) is 43.0 Å². The van der Waals surface area contributed by atoms with Crippen molar-refractivity contribution >= 4 is 40.6 Å². The van der Waals surface area contributed by atoms with E-state index >= 15 is 0 Å². The molecular weight excluding hydrogens is 546 g/mol. The van der Waals surface area contributed by atoms with Crippen molar-refractivity contribution in [2.45, 2.75) is 70.1 Å². The summed E-state index contributed by atoms with van der Waals surface area (Å²) < 4.78 is 0. The van der Waals surface area contributed by atoms with Crippen molar-refractivity contribution in [3.8, 4) is 0 Å². The maximum atomic E-state index is 13.5. The first-order valence-electron chi connectivity index (χ1n) is 13.6. The molecule has 0 radical (unpaired) electrons. The lowest BCUT2D eigenvalue weighted by Crippen LogP contribution is -2.58. The second-order valence-corrected chi connectivity index (χ2v) is 10.5. The van der Waals surface area contributed by atoms with E-state index < -0.39 is 53.8 Å². The Morgan fingerprint density at radius 3 is 2.21 bits per heavy atom. The molecular formula is C28H37N7O7. The molecule has 0 bridgehead atoms. The molecule has 0 spiro atoms. The molecule has 3 amide bonds. The number of aromatic amines is 2. The average molecular weight is 584 g/mol. The van der Waals surface area contributed by atoms with Crippen LogP contribution in [0, 0.1) is 5.92 Å². The number of benzene rings is 1. The first-order valence-corrected chi connectivity index (χ1v) is 13.6. The van der Waals surface area contributed by atoms with Gasteiger partial charge in [-0.25, -0.2) is 9.78 Å². The van der Waals surface area contributed by atoms with E-state index in [-0.39, 0.29) is 38.0 Å². The van der Waals surface area contributed by atoms with Gasteiger partial charge in [-0.15, -0.1) is 0 Å². The Balaban J connectivity index is 1.83. The topological polar surface area (TPSA) is 232 Å². The normalized spacial score (nSPS) is 14.1. The van der Waals surface area contributed by atoms with E-state index in [1.807, 2.05) is 38.1 Å².